The average molecular weight is 440 g/mol. The number of tetrazole rings is 1. The number of pyridine rings is 1. The average Bonchev–Trinajstić information content (AvgIpc) is 3.45. The fraction of sp³-hybridized carbons (Fsp3) is 0.381. The van der Waals surface area contributed by atoms with Crippen molar-refractivity contribution in [2.75, 3.05) is 0 Å². The zero-order chi connectivity index (χ0) is 21.9. The van der Waals surface area contributed by atoms with Crippen LogP contribution in [0.25, 0.3) is 11.4 Å². The van der Waals surface area contributed by atoms with Crippen molar-refractivity contribution >= 4 is 5.91 Å². The molecule has 2 atom stereocenters. The van der Waals surface area contributed by atoms with Crippen LogP contribution < -0.4 is 4.74 Å². The van der Waals surface area contributed by atoms with Crippen LogP contribution in [-0.4, -0.2) is 54.3 Å². The fourth-order valence-corrected chi connectivity index (χ4v) is 4.91. The van der Waals surface area contributed by atoms with Crippen molar-refractivity contribution < 1.29 is 23.0 Å². The zero-order valence-electron chi connectivity index (χ0n) is 16.7. The summed E-state index contributed by atoms with van der Waals surface area (Å²) in [5, 5.41) is 13.8. The topological polar surface area (TPSA) is 106 Å². The molecule has 2 aromatic heterocycles. The second-order valence-electron chi connectivity index (χ2n) is 8.34. The van der Waals surface area contributed by atoms with Crippen molar-refractivity contribution in [1.29, 1.82) is 0 Å². The van der Waals surface area contributed by atoms with Gasteiger partial charge >= 0.3 is 0 Å². The standard InChI is InChI=1S/C21H18F2N6O3/c22-13-5-12(6-14(23)8-13)16-1-2-18-29(16)20(30)21(32-18)9-15(10-21)31-17-7-11(3-4-24-17)19-25-27-28-26-19/h3-8,15-16,18H,1-2,9-10H2,(H,25,26,27,28)/t15?,16-,18+,21?/m0/s1. The van der Waals surface area contributed by atoms with Gasteiger partial charge in [0.1, 0.15) is 24.0 Å². The number of hydrogen-bond acceptors (Lipinski definition) is 7. The maximum Gasteiger partial charge on any atom is 0.257 e. The molecule has 1 N–H and O–H groups in total. The molecule has 11 heteroatoms. The quantitative estimate of drug-likeness (QED) is 0.665. The molecule has 1 aromatic carbocycles. The zero-order valence-corrected chi connectivity index (χ0v) is 16.7. The first-order valence-electron chi connectivity index (χ1n) is 10.3. The minimum Gasteiger partial charge on any atom is -0.474 e. The molecule has 164 valence electrons. The number of fused-ring (bicyclic) bond motifs is 1. The highest BCUT2D eigenvalue weighted by Crippen LogP contribution is 2.52. The predicted octanol–water partition coefficient (Wildman–Crippen LogP) is 2.54. The molecule has 1 spiro atoms. The van der Waals surface area contributed by atoms with Gasteiger partial charge in [0, 0.05) is 36.7 Å². The van der Waals surface area contributed by atoms with E-state index < -0.39 is 23.3 Å². The molecule has 3 aliphatic rings. The maximum absolute atomic E-state index is 13.7. The van der Waals surface area contributed by atoms with E-state index in [0.717, 1.165) is 6.07 Å². The van der Waals surface area contributed by atoms with Crippen LogP contribution in [0, 0.1) is 11.6 Å². The van der Waals surface area contributed by atoms with E-state index in [4.69, 9.17) is 9.47 Å². The second-order valence-corrected chi connectivity index (χ2v) is 8.34. The van der Waals surface area contributed by atoms with E-state index in [1.165, 1.54) is 12.1 Å². The molecule has 2 saturated heterocycles. The highest BCUT2D eigenvalue weighted by molar-refractivity contribution is 5.89. The van der Waals surface area contributed by atoms with Crippen molar-refractivity contribution in [3.05, 3.63) is 53.7 Å². The Morgan fingerprint density at radius 3 is 2.72 bits per heavy atom. The van der Waals surface area contributed by atoms with Crippen LogP contribution in [0.5, 0.6) is 5.88 Å². The van der Waals surface area contributed by atoms with Gasteiger partial charge in [-0.05, 0) is 41.8 Å². The van der Waals surface area contributed by atoms with E-state index in [1.807, 2.05) is 0 Å². The molecule has 6 rings (SSSR count). The normalized spacial score (nSPS) is 28.8. The van der Waals surface area contributed by atoms with E-state index in [2.05, 4.69) is 25.6 Å². The first kappa shape index (κ1) is 19.2. The lowest BCUT2D eigenvalue weighted by atomic mass is 9.76. The van der Waals surface area contributed by atoms with Gasteiger partial charge in [0.25, 0.3) is 5.91 Å². The minimum absolute atomic E-state index is 0.150. The molecule has 3 aromatic rings. The van der Waals surface area contributed by atoms with E-state index >= 15 is 0 Å². The number of carbonyl (C=O) groups excluding carboxylic acids is 1. The Hall–Kier alpha value is -3.47. The third kappa shape index (κ3) is 3.03. The summed E-state index contributed by atoms with van der Waals surface area (Å²) in [5.41, 5.74) is 0.205. The number of halogens is 2. The van der Waals surface area contributed by atoms with Crippen molar-refractivity contribution in [2.24, 2.45) is 0 Å². The van der Waals surface area contributed by atoms with Crippen molar-refractivity contribution in [3.8, 4) is 17.3 Å². The molecule has 0 radical (unpaired) electrons. The molecule has 0 unspecified atom stereocenters. The summed E-state index contributed by atoms with van der Waals surface area (Å²) in [5.74, 6) is -0.636. The summed E-state index contributed by atoms with van der Waals surface area (Å²) in [6, 6.07) is 6.45. The highest BCUT2D eigenvalue weighted by Gasteiger charge is 2.63. The Morgan fingerprint density at radius 2 is 1.97 bits per heavy atom. The lowest BCUT2D eigenvalue weighted by molar-refractivity contribution is -0.162. The molecule has 3 fully saturated rings. The van der Waals surface area contributed by atoms with E-state index in [-0.39, 0.29) is 18.2 Å². The van der Waals surface area contributed by atoms with Gasteiger partial charge in [0.15, 0.2) is 5.60 Å². The molecule has 1 amide bonds. The number of rotatable bonds is 4. The molecule has 2 aliphatic heterocycles. The van der Waals surface area contributed by atoms with Crippen molar-refractivity contribution in [1.82, 2.24) is 30.5 Å². The lowest BCUT2D eigenvalue weighted by Crippen LogP contribution is -2.56. The summed E-state index contributed by atoms with van der Waals surface area (Å²) in [7, 11) is 0. The van der Waals surface area contributed by atoms with Gasteiger partial charge in [-0.1, -0.05) is 0 Å². The summed E-state index contributed by atoms with van der Waals surface area (Å²) >= 11 is 0. The Labute approximate surface area is 180 Å². The number of amides is 1. The van der Waals surface area contributed by atoms with E-state index in [0.29, 0.717) is 48.5 Å². The largest absolute Gasteiger partial charge is 0.474 e. The molecule has 32 heavy (non-hydrogen) atoms. The number of aromatic nitrogens is 5. The van der Waals surface area contributed by atoms with E-state index in [9.17, 15) is 13.6 Å². The van der Waals surface area contributed by atoms with Gasteiger partial charge in [-0.25, -0.2) is 13.8 Å². The molecule has 9 nitrogen and oxygen atoms in total. The first-order chi connectivity index (χ1) is 15.5. The van der Waals surface area contributed by atoms with Crippen molar-refractivity contribution in [2.45, 2.75) is 49.7 Å². The Bertz CT molecular complexity index is 1160. The summed E-state index contributed by atoms with van der Waals surface area (Å²) < 4.78 is 39.5. The highest BCUT2D eigenvalue weighted by atomic mass is 19.1. The number of ether oxygens (including phenoxy) is 2. The van der Waals surface area contributed by atoms with Gasteiger partial charge in [-0.3, -0.25) is 4.79 Å². The third-order valence-corrected chi connectivity index (χ3v) is 6.33. The SMILES string of the molecule is O=C1N2[C@@H](CC[C@H]2c2cc(F)cc(F)c2)OC12CC(Oc1cc(-c3nn[nH]n3)ccn1)C2. The van der Waals surface area contributed by atoms with Crippen LogP contribution in [0.4, 0.5) is 8.78 Å². The third-order valence-electron chi connectivity index (χ3n) is 6.33. The fourth-order valence-electron chi connectivity index (χ4n) is 4.91. The number of nitrogens with zero attached hydrogens (tertiary/aromatic N) is 5. The monoisotopic (exact) mass is 440 g/mol. The minimum atomic E-state index is -0.953. The van der Waals surface area contributed by atoms with Crippen LogP contribution in [0.1, 0.15) is 37.3 Å². The van der Waals surface area contributed by atoms with Gasteiger partial charge in [-0.2, -0.15) is 5.21 Å². The van der Waals surface area contributed by atoms with Crippen LogP contribution in [0.15, 0.2) is 36.5 Å². The van der Waals surface area contributed by atoms with Gasteiger partial charge in [0.05, 0.1) is 6.04 Å². The smallest absolute Gasteiger partial charge is 0.257 e. The number of nitrogens with one attached hydrogen (secondary N) is 1. The molecule has 1 saturated carbocycles. The summed E-state index contributed by atoms with van der Waals surface area (Å²) in [4.78, 5) is 19.1. The van der Waals surface area contributed by atoms with Crippen LogP contribution >= 0.6 is 0 Å². The second kappa shape index (κ2) is 7.02. The molecular formula is C21H18F2N6O3. The predicted molar refractivity (Wildman–Crippen MR) is 104 cm³/mol. The molecule has 0 bridgehead atoms. The van der Waals surface area contributed by atoms with Gasteiger partial charge in [0.2, 0.25) is 11.7 Å². The molecule has 1 aliphatic carbocycles. The number of hydrogen-bond donors (Lipinski definition) is 1. The Balaban J connectivity index is 1.15. The van der Waals surface area contributed by atoms with Crippen LogP contribution in [-0.2, 0) is 9.53 Å². The van der Waals surface area contributed by atoms with Crippen LogP contribution in [0.3, 0.4) is 0 Å². The molecule has 4 heterocycles. The number of benzene rings is 1. The number of aromatic amines is 1. The maximum atomic E-state index is 13.7. The summed E-state index contributed by atoms with van der Waals surface area (Å²) in [6.45, 7) is 0. The Kier molecular flexibility index (Phi) is 4.22. The number of H-pyrrole nitrogens is 1. The lowest BCUT2D eigenvalue weighted by Gasteiger charge is -2.42. The van der Waals surface area contributed by atoms with Crippen molar-refractivity contribution in [3.63, 3.8) is 0 Å². The first-order valence-corrected chi connectivity index (χ1v) is 10.3. The Morgan fingerprint density at radius 1 is 1.16 bits per heavy atom. The summed E-state index contributed by atoms with van der Waals surface area (Å²) in [6.07, 6.45) is 2.95. The van der Waals surface area contributed by atoms with Gasteiger partial charge < -0.3 is 14.4 Å². The van der Waals surface area contributed by atoms with Crippen LogP contribution in [0.2, 0.25) is 0 Å². The van der Waals surface area contributed by atoms with E-state index in [1.54, 1.807) is 23.2 Å². The number of carbonyl (C=O) groups is 1. The van der Waals surface area contributed by atoms with Gasteiger partial charge in [-0.15, -0.1) is 10.2 Å². The molecular weight excluding hydrogens is 422 g/mol.